The summed E-state index contributed by atoms with van der Waals surface area (Å²) in [7, 11) is -2.29. The van der Waals surface area contributed by atoms with Gasteiger partial charge in [-0.15, -0.1) is 0 Å². The van der Waals surface area contributed by atoms with Crippen molar-refractivity contribution < 1.29 is 0 Å². The van der Waals surface area contributed by atoms with Crippen LogP contribution < -0.4 is 5.19 Å². The predicted molar refractivity (Wildman–Crippen MR) is 156 cm³/mol. The van der Waals surface area contributed by atoms with Crippen LogP contribution in [0.1, 0.15) is 44.4 Å². The van der Waals surface area contributed by atoms with Crippen LogP contribution in [0.2, 0.25) is 11.1 Å². The minimum absolute atomic E-state index is 0.541. The zero-order valence-electron chi connectivity index (χ0n) is 21.0. The maximum Gasteiger partial charge on any atom is 0.126 e. The second-order valence-corrected chi connectivity index (χ2v) is 15.6. The lowest BCUT2D eigenvalue weighted by atomic mass is 9.89. The van der Waals surface area contributed by atoms with Gasteiger partial charge in [-0.2, -0.15) is 0 Å². The Kier molecular flexibility index (Phi) is 5.27. The van der Waals surface area contributed by atoms with Crippen molar-refractivity contribution in [3.63, 3.8) is 0 Å². The first-order chi connectivity index (χ1) is 17.0. The molecular formula is C34H32Si. The molecule has 0 fully saturated rings. The van der Waals surface area contributed by atoms with Gasteiger partial charge in [0.2, 0.25) is 0 Å². The number of benzene rings is 5. The minimum atomic E-state index is -2.29. The lowest BCUT2D eigenvalue weighted by molar-refractivity contribution is 0.930. The van der Waals surface area contributed by atoms with Crippen LogP contribution in [-0.4, -0.2) is 8.07 Å². The molecule has 0 amide bonds. The lowest BCUT2D eigenvalue weighted by Crippen LogP contribution is -2.57. The first-order valence-electron chi connectivity index (χ1n) is 12.9. The van der Waals surface area contributed by atoms with Crippen molar-refractivity contribution in [1.29, 1.82) is 0 Å². The van der Waals surface area contributed by atoms with E-state index < -0.39 is 8.07 Å². The van der Waals surface area contributed by atoms with E-state index in [2.05, 4.69) is 137 Å². The summed E-state index contributed by atoms with van der Waals surface area (Å²) in [4.78, 5) is 0. The summed E-state index contributed by atoms with van der Waals surface area (Å²) in [5.41, 5.74) is 6.63. The first-order valence-corrected chi connectivity index (χ1v) is 15.0. The predicted octanol–water partition coefficient (Wildman–Crippen LogP) is 8.98. The molecule has 5 aromatic rings. The average molecular weight is 469 g/mol. The third-order valence-corrected chi connectivity index (χ3v) is 14.5. The van der Waals surface area contributed by atoms with Gasteiger partial charge < -0.3 is 0 Å². The maximum absolute atomic E-state index is 2.49. The van der Waals surface area contributed by atoms with Gasteiger partial charge in [0, 0.05) is 0 Å². The molecule has 0 bridgehead atoms. The molecule has 0 aromatic heterocycles. The summed E-state index contributed by atoms with van der Waals surface area (Å²) in [6, 6.07) is 40.8. The minimum Gasteiger partial charge on any atom is -0.0645 e. The number of fused-ring (bicyclic) bond motifs is 2. The normalized spacial score (nSPS) is 14.9. The van der Waals surface area contributed by atoms with E-state index in [1.807, 2.05) is 0 Å². The highest BCUT2D eigenvalue weighted by Crippen LogP contribution is 2.53. The standard InChI is InChI=1S/C34H32Si/c1-23(2)35(24(3)4)33(26-16-9-6-10-17-26)31(25-14-7-5-8-15-25)30-21-13-19-28-22-27-18-11-12-20-29(27)34(35)32(28)30/h5-24H,1-4H3. The van der Waals surface area contributed by atoms with E-state index in [-0.39, 0.29) is 0 Å². The molecular weight excluding hydrogens is 436 g/mol. The van der Waals surface area contributed by atoms with Crippen LogP contribution in [0.4, 0.5) is 0 Å². The van der Waals surface area contributed by atoms with E-state index in [4.69, 9.17) is 0 Å². The van der Waals surface area contributed by atoms with Crippen molar-refractivity contribution in [3.05, 3.63) is 126 Å². The Morgan fingerprint density at radius 3 is 1.77 bits per heavy atom. The molecule has 1 aliphatic rings. The Bertz CT molecular complexity index is 1570. The number of rotatable bonds is 4. The third-order valence-electron chi connectivity index (χ3n) is 8.18. The fourth-order valence-electron chi connectivity index (χ4n) is 6.94. The molecule has 0 N–H and O–H groups in total. The molecule has 0 saturated heterocycles. The molecule has 0 atom stereocenters. The SMILES string of the molecule is CC(C)[Si]1(C(C)C)C(c2ccccc2)=C(c2ccccc2)c2cccc3cc4ccccc4c1c23. The van der Waals surface area contributed by atoms with Gasteiger partial charge in [-0.3, -0.25) is 0 Å². The van der Waals surface area contributed by atoms with Crippen LogP contribution in [0.5, 0.6) is 0 Å². The van der Waals surface area contributed by atoms with E-state index >= 15 is 0 Å². The highest BCUT2D eigenvalue weighted by Gasteiger charge is 2.51. The molecule has 35 heavy (non-hydrogen) atoms. The van der Waals surface area contributed by atoms with Gasteiger partial charge in [-0.05, 0) is 71.3 Å². The first kappa shape index (κ1) is 22.1. The van der Waals surface area contributed by atoms with Crippen LogP contribution in [0, 0.1) is 0 Å². The Hall–Kier alpha value is -3.42. The second kappa shape index (κ2) is 8.36. The molecule has 0 radical (unpaired) electrons. The fourth-order valence-corrected chi connectivity index (χ4v) is 13.5. The van der Waals surface area contributed by atoms with Crippen LogP contribution in [0.15, 0.2) is 109 Å². The largest absolute Gasteiger partial charge is 0.126 e. The van der Waals surface area contributed by atoms with Gasteiger partial charge in [-0.25, -0.2) is 0 Å². The Morgan fingerprint density at radius 1 is 0.543 bits per heavy atom. The van der Waals surface area contributed by atoms with Crippen molar-refractivity contribution in [2.45, 2.75) is 38.8 Å². The molecule has 0 unspecified atom stereocenters. The molecule has 6 rings (SSSR count). The summed E-state index contributed by atoms with van der Waals surface area (Å²) in [6.07, 6.45) is 0. The molecule has 1 heteroatoms. The molecule has 172 valence electrons. The second-order valence-electron chi connectivity index (χ2n) is 10.5. The van der Waals surface area contributed by atoms with Gasteiger partial charge >= 0.3 is 0 Å². The summed E-state index contributed by atoms with van der Waals surface area (Å²) < 4.78 is 0. The van der Waals surface area contributed by atoms with E-state index in [0.717, 1.165) is 0 Å². The van der Waals surface area contributed by atoms with Gasteiger partial charge in [0.25, 0.3) is 0 Å². The highest BCUT2D eigenvalue weighted by atomic mass is 28.3. The molecule has 0 saturated carbocycles. The zero-order chi connectivity index (χ0) is 24.2. The maximum atomic E-state index is 2.49. The zero-order valence-corrected chi connectivity index (χ0v) is 22.0. The Balaban J connectivity index is 1.94. The van der Waals surface area contributed by atoms with Crippen molar-refractivity contribution in [1.82, 2.24) is 0 Å². The van der Waals surface area contributed by atoms with E-state index in [1.165, 1.54) is 43.8 Å². The van der Waals surface area contributed by atoms with Crippen molar-refractivity contribution in [2.24, 2.45) is 0 Å². The number of hydrogen-bond donors (Lipinski definition) is 0. The molecule has 0 spiro atoms. The van der Waals surface area contributed by atoms with E-state index in [1.54, 1.807) is 10.4 Å². The van der Waals surface area contributed by atoms with E-state index in [0.29, 0.717) is 11.1 Å². The van der Waals surface area contributed by atoms with Gasteiger partial charge in [0.05, 0.1) is 0 Å². The quantitative estimate of drug-likeness (QED) is 0.182. The highest BCUT2D eigenvalue weighted by molar-refractivity contribution is 7.12. The van der Waals surface area contributed by atoms with Gasteiger partial charge in [0.1, 0.15) is 8.07 Å². The Morgan fingerprint density at radius 2 is 1.11 bits per heavy atom. The van der Waals surface area contributed by atoms with Crippen molar-refractivity contribution >= 4 is 45.6 Å². The molecule has 1 heterocycles. The van der Waals surface area contributed by atoms with Crippen LogP contribution in [0.25, 0.3) is 32.3 Å². The van der Waals surface area contributed by atoms with E-state index in [9.17, 15) is 0 Å². The van der Waals surface area contributed by atoms with Crippen LogP contribution >= 0.6 is 0 Å². The average Bonchev–Trinajstić information content (AvgIpc) is 2.89. The topological polar surface area (TPSA) is 0 Å². The molecule has 0 aliphatic carbocycles. The monoisotopic (exact) mass is 468 g/mol. The molecule has 1 aliphatic heterocycles. The summed E-state index contributed by atoms with van der Waals surface area (Å²) in [6.45, 7) is 9.94. The summed E-state index contributed by atoms with van der Waals surface area (Å²) in [5, 5.41) is 8.91. The fraction of sp³-hybridized carbons (Fsp3) is 0.176. The van der Waals surface area contributed by atoms with Crippen molar-refractivity contribution in [3.8, 4) is 0 Å². The van der Waals surface area contributed by atoms with Crippen molar-refractivity contribution in [2.75, 3.05) is 0 Å². The van der Waals surface area contributed by atoms with Crippen LogP contribution in [0.3, 0.4) is 0 Å². The summed E-state index contributed by atoms with van der Waals surface area (Å²) in [5.74, 6) is 0. The van der Waals surface area contributed by atoms with Gasteiger partial charge in [0.15, 0.2) is 0 Å². The third kappa shape index (κ3) is 3.11. The smallest absolute Gasteiger partial charge is 0.0645 e. The van der Waals surface area contributed by atoms with Gasteiger partial charge in [-0.1, -0.05) is 131 Å². The van der Waals surface area contributed by atoms with Crippen LogP contribution in [-0.2, 0) is 0 Å². The summed E-state index contributed by atoms with van der Waals surface area (Å²) >= 11 is 0. The molecule has 0 nitrogen and oxygen atoms in total. The number of hydrogen-bond acceptors (Lipinski definition) is 0. The lowest BCUT2D eigenvalue weighted by Gasteiger charge is -2.47. The Labute approximate surface area is 210 Å². The molecule has 5 aromatic carbocycles.